The summed E-state index contributed by atoms with van der Waals surface area (Å²) in [7, 11) is 1.96. The predicted molar refractivity (Wildman–Crippen MR) is 145 cm³/mol. The second-order valence-electron chi connectivity index (χ2n) is 11.2. The van der Waals surface area contributed by atoms with Gasteiger partial charge in [0.25, 0.3) is 0 Å². The van der Waals surface area contributed by atoms with Gasteiger partial charge in [-0.1, -0.05) is 95.1 Å². The van der Waals surface area contributed by atoms with Crippen LogP contribution in [0.5, 0.6) is 0 Å². The van der Waals surface area contributed by atoms with Gasteiger partial charge < -0.3 is 13.9 Å². The number of hydrogen-bond acceptors (Lipinski definition) is 4. The number of nitrogens with zero attached hydrogens (tertiary/aromatic N) is 1. The molecule has 34 heavy (non-hydrogen) atoms. The van der Waals surface area contributed by atoms with Crippen LogP contribution < -0.4 is 0 Å². The molecule has 0 bridgehead atoms. The molecule has 0 aliphatic heterocycles. The maximum atomic E-state index is 12.6. The Labute approximate surface area is 213 Å². The first kappa shape index (κ1) is 32.4. The van der Waals surface area contributed by atoms with Crippen molar-refractivity contribution >= 4 is 19.0 Å². The highest BCUT2D eigenvalue weighted by molar-refractivity contribution is 7.92. The Morgan fingerprint density at radius 3 is 1.88 bits per heavy atom. The molecule has 0 radical (unpaired) electrons. The zero-order valence-electron chi connectivity index (χ0n) is 22.7. The summed E-state index contributed by atoms with van der Waals surface area (Å²) in [6.07, 6.45) is 20.3. The summed E-state index contributed by atoms with van der Waals surface area (Å²) in [5.74, 6) is 0.742. The normalized spacial score (nSPS) is 21.6. The number of hydrogen-bond donors (Lipinski definition) is 1. The van der Waals surface area contributed by atoms with Gasteiger partial charge in [0.1, 0.15) is 24.2 Å². The SMILES string of the molecule is CCCCCCCCCCCCCCCC[S+]([O-])C1CCC(OP(=O)(O)OCC[N+](C)(C)C)C1. The summed E-state index contributed by atoms with van der Waals surface area (Å²) in [4.78, 5) is 9.97. The zero-order chi connectivity index (χ0) is 25.3. The molecule has 1 saturated carbocycles. The summed E-state index contributed by atoms with van der Waals surface area (Å²) >= 11 is -0.872. The van der Waals surface area contributed by atoms with E-state index in [-0.39, 0.29) is 18.0 Å². The highest BCUT2D eigenvalue weighted by atomic mass is 32.2. The summed E-state index contributed by atoms with van der Waals surface area (Å²) in [6, 6.07) is 0. The number of phosphoric acid groups is 1. The Hall–Kier alpha value is 0.380. The van der Waals surface area contributed by atoms with Gasteiger partial charge in [-0.25, -0.2) is 4.57 Å². The molecule has 0 saturated heterocycles. The molecule has 6 nitrogen and oxygen atoms in total. The van der Waals surface area contributed by atoms with Gasteiger partial charge in [0.15, 0.2) is 0 Å². The fourth-order valence-corrected chi connectivity index (χ4v) is 7.08. The lowest BCUT2D eigenvalue weighted by Gasteiger charge is -2.24. The van der Waals surface area contributed by atoms with Crippen molar-refractivity contribution in [3.05, 3.63) is 0 Å². The average Bonchev–Trinajstić information content (AvgIpc) is 3.20. The Bertz CT molecular complexity index is 546. The van der Waals surface area contributed by atoms with Crippen molar-refractivity contribution in [3.63, 3.8) is 0 Å². The first-order valence-electron chi connectivity index (χ1n) is 14.0. The minimum absolute atomic E-state index is 0.0817. The first-order valence-corrected chi connectivity index (χ1v) is 16.8. The molecule has 0 aromatic carbocycles. The molecule has 1 N–H and O–H groups in total. The van der Waals surface area contributed by atoms with E-state index >= 15 is 0 Å². The van der Waals surface area contributed by atoms with Crippen LogP contribution in [-0.4, -0.2) is 65.3 Å². The summed E-state index contributed by atoms with van der Waals surface area (Å²) in [5.41, 5.74) is 0. The van der Waals surface area contributed by atoms with Gasteiger partial charge >= 0.3 is 7.82 Å². The predicted octanol–water partition coefficient (Wildman–Crippen LogP) is 6.98. The van der Waals surface area contributed by atoms with Crippen molar-refractivity contribution in [1.29, 1.82) is 0 Å². The van der Waals surface area contributed by atoms with Crippen LogP contribution in [0.3, 0.4) is 0 Å². The van der Waals surface area contributed by atoms with Gasteiger partial charge in [-0.2, -0.15) is 0 Å². The molecule has 1 rings (SSSR count). The van der Waals surface area contributed by atoms with Gasteiger partial charge in [0, 0.05) is 6.42 Å². The van der Waals surface area contributed by atoms with Crippen LogP contribution in [0.15, 0.2) is 0 Å². The summed E-state index contributed by atoms with van der Waals surface area (Å²) in [5, 5.41) is 0.0817. The van der Waals surface area contributed by atoms with Gasteiger partial charge in [-0.05, 0) is 25.7 Å². The van der Waals surface area contributed by atoms with Gasteiger partial charge in [-0.15, -0.1) is 0 Å². The van der Waals surface area contributed by atoms with Crippen LogP contribution in [0.2, 0.25) is 0 Å². The van der Waals surface area contributed by atoms with Crippen molar-refractivity contribution in [2.24, 2.45) is 0 Å². The average molecular weight is 525 g/mol. The van der Waals surface area contributed by atoms with E-state index in [1.165, 1.54) is 77.0 Å². The number of phosphoric ester groups is 1. The molecule has 0 heterocycles. The Morgan fingerprint density at radius 2 is 1.38 bits per heavy atom. The number of unbranched alkanes of at least 4 members (excludes halogenated alkanes) is 13. The largest absolute Gasteiger partial charge is 0.616 e. The van der Waals surface area contributed by atoms with E-state index < -0.39 is 19.0 Å². The van der Waals surface area contributed by atoms with Crippen LogP contribution in [0.4, 0.5) is 0 Å². The van der Waals surface area contributed by atoms with Gasteiger partial charge in [0.05, 0.1) is 27.2 Å². The van der Waals surface area contributed by atoms with Crippen LogP contribution in [-0.2, 0) is 24.8 Å². The van der Waals surface area contributed by atoms with Gasteiger partial charge in [-0.3, -0.25) is 9.05 Å². The van der Waals surface area contributed by atoms with Crippen LogP contribution in [0.25, 0.3) is 0 Å². The topological polar surface area (TPSA) is 78.8 Å². The quantitative estimate of drug-likeness (QED) is 0.0715. The van der Waals surface area contributed by atoms with Crippen molar-refractivity contribution < 1.29 is 27.5 Å². The third-order valence-electron chi connectivity index (χ3n) is 6.71. The molecular formula is C26H55NO5PS+. The maximum absolute atomic E-state index is 12.6. The second-order valence-corrected chi connectivity index (χ2v) is 14.4. The molecule has 1 aliphatic rings. The Balaban J connectivity index is 2.00. The third-order valence-corrected chi connectivity index (χ3v) is 9.64. The van der Waals surface area contributed by atoms with Gasteiger partial charge in [0.2, 0.25) is 0 Å². The van der Waals surface area contributed by atoms with Crippen LogP contribution in [0, 0.1) is 0 Å². The van der Waals surface area contributed by atoms with Crippen molar-refractivity contribution in [1.82, 2.24) is 0 Å². The smallest absolute Gasteiger partial charge is 0.472 e. The fourth-order valence-electron chi connectivity index (χ4n) is 4.49. The first-order chi connectivity index (χ1) is 16.1. The molecule has 0 spiro atoms. The second kappa shape index (κ2) is 18.6. The van der Waals surface area contributed by atoms with E-state index in [9.17, 15) is 14.0 Å². The van der Waals surface area contributed by atoms with E-state index in [0.29, 0.717) is 23.9 Å². The Morgan fingerprint density at radius 1 is 0.882 bits per heavy atom. The van der Waals surface area contributed by atoms with Crippen molar-refractivity contribution in [2.45, 2.75) is 127 Å². The van der Waals surface area contributed by atoms with Crippen LogP contribution in [0.1, 0.15) is 116 Å². The minimum Gasteiger partial charge on any atom is -0.616 e. The Kier molecular flexibility index (Phi) is 17.7. The highest BCUT2D eigenvalue weighted by Gasteiger charge is 2.37. The molecule has 8 heteroatoms. The molecule has 204 valence electrons. The van der Waals surface area contributed by atoms with E-state index in [4.69, 9.17) is 9.05 Å². The standard InChI is InChI=1S/C26H54NO5PS/c1-5-6-7-8-9-10-11-12-13-14-15-16-17-18-23-34(30)26-20-19-25(24-26)32-33(28,29)31-22-21-27(2,3)4/h25-26H,5-24H2,1-4H3/p+1. The van der Waals surface area contributed by atoms with E-state index in [1.54, 1.807) is 0 Å². The lowest BCUT2D eigenvalue weighted by atomic mass is 10.0. The number of likely N-dealkylation sites (N-methyl/N-ethyl adjacent to an activating group) is 1. The summed E-state index contributed by atoms with van der Waals surface area (Å²) in [6.45, 7) is 3.08. The molecule has 0 aromatic heterocycles. The lowest BCUT2D eigenvalue weighted by molar-refractivity contribution is -0.870. The van der Waals surface area contributed by atoms with E-state index in [0.717, 1.165) is 25.0 Å². The fraction of sp³-hybridized carbons (Fsp3) is 1.00. The zero-order valence-corrected chi connectivity index (χ0v) is 24.4. The molecule has 1 fully saturated rings. The number of quaternary nitrogens is 1. The maximum Gasteiger partial charge on any atom is 0.472 e. The highest BCUT2D eigenvalue weighted by Crippen LogP contribution is 2.47. The summed E-state index contributed by atoms with van der Waals surface area (Å²) < 4.78 is 36.0. The third kappa shape index (κ3) is 17.8. The molecule has 4 atom stereocenters. The van der Waals surface area contributed by atoms with E-state index in [1.807, 2.05) is 21.1 Å². The van der Waals surface area contributed by atoms with E-state index in [2.05, 4.69) is 6.92 Å². The minimum atomic E-state index is -4.05. The molecule has 0 aromatic rings. The number of rotatable bonds is 22. The monoisotopic (exact) mass is 524 g/mol. The molecule has 1 aliphatic carbocycles. The molecule has 4 unspecified atom stereocenters. The van der Waals surface area contributed by atoms with Crippen LogP contribution >= 0.6 is 7.82 Å². The lowest BCUT2D eigenvalue weighted by Crippen LogP contribution is -2.37. The molecule has 0 amide bonds. The molecular weight excluding hydrogens is 469 g/mol. The van der Waals surface area contributed by atoms with Crippen molar-refractivity contribution in [2.75, 3.05) is 40.0 Å². The van der Waals surface area contributed by atoms with Crippen molar-refractivity contribution in [3.8, 4) is 0 Å².